The van der Waals surface area contributed by atoms with Gasteiger partial charge < -0.3 is 10.2 Å². The number of aromatic nitrogens is 1. The third-order valence-electron chi connectivity index (χ3n) is 3.16. The largest absolute Gasteiger partial charge is 0.351 e. The molecule has 1 aromatic heterocycles. The van der Waals surface area contributed by atoms with Gasteiger partial charge in [0.1, 0.15) is 0 Å². The number of hydrogen-bond donors (Lipinski definition) is 1. The average Bonchev–Trinajstić information content (AvgIpc) is 2.68. The van der Waals surface area contributed by atoms with Crippen LogP contribution in [0.5, 0.6) is 0 Å². The second-order valence-electron chi connectivity index (χ2n) is 5.43. The maximum atomic E-state index is 4.68. The molecule has 1 aromatic rings. The molecule has 1 rings (SSSR count). The van der Waals surface area contributed by atoms with Crippen LogP contribution in [0.4, 0.5) is 5.13 Å². The molecule has 4 heteroatoms. The summed E-state index contributed by atoms with van der Waals surface area (Å²) in [5.41, 5.74) is 1.17. The van der Waals surface area contributed by atoms with Gasteiger partial charge in [0.25, 0.3) is 0 Å². The van der Waals surface area contributed by atoms with Crippen molar-refractivity contribution in [3.8, 4) is 0 Å². The van der Waals surface area contributed by atoms with Crippen molar-refractivity contribution in [3.63, 3.8) is 0 Å². The van der Waals surface area contributed by atoms with Gasteiger partial charge in [0.15, 0.2) is 5.13 Å². The summed E-state index contributed by atoms with van der Waals surface area (Å²) in [6.45, 7) is 13.0. The van der Waals surface area contributed by atoms with Crippen molar-refractivity contribution in [1.29, 1.82) is 0 Å². The van der Waals surface area contributed by atoms with Crippen LogP contribution >= 0.6 is 11.3 Å². The summed E-state index contributed by atoms with van der Waals surface area (Å²) in [6, 6.07) is 0.521. The molecule has 0 spiro atoms. The summed E-state index contributed by atoms with van der Waals surface area (Å²) in [7, 11) is 2.14. The molecule has 1 N–H and O–H groups in total. The molecule has 0 aliphatic carbocycles. The standard InChI is InChI=1S/C14H27N3S/c1-7-11(4)9-17(6)14-16-12(5)13(18-14)8-15-10(2)3/h10-11,15H,7-9H2,1-6H3. The Balaban J connectivity index is 2.64. The summed E-state index contributed by atoms with van der Waals surface area (Å²) in [6.07, 6.45) is 1.22. The molecule has 0 saturated heterocycles. The van der Waals surface area contributed by atoms with Gasteiger partial charge >= 0.3 is 0 Å². The topological polar surface area (TPSA) is 28.2 Å². The van der Waals surface area contributed by atoms with E-state index in [9.17, 15) is 0 Å². The molecule has 0 saturated carbocycles. The van der Waals surface area contributed by atoms with Gasteiger partial charge in [0, 0.05) is 31.1 Å². The van der Waals surface area contributed by atoms with Crippen molar-refractivity contribution in [3.05, 3.63) is 10.6 Å². The second-order valence-corrected chi connectivity index (χ2v) is 6.50. The predicted octanol–water partition coefficient (Wildman–Crippen LogP) is 3.43. The fourth-order valence-electron chi connectivity index (χ4n) is 1.71. The molecule has 0 aliphatic rings. The van der Waals surface area contributed by atoms with Gasteiger partial charge in [-0.05, 0) is 12.8 Å². The van der Waals surface area contributed by atoms with E-state index >= 15 is 0 Å². The van der Waals surface area contributed by atoms with Gasteiger partial charge in [-0.3, -0.25) is 0 Å². The first-order valence-corrected chi connectivity index (χ1v) is 7.66. The van der Waals surface area contributed by atoms with Crippen LogP contribution in [0.25, 0.3) is 0 Å². The third-order valence-corrected chi connectivity index (χ3v) is 4.43. The van der Waals surface area contributed by atoms with Crippen LogP contribution in [0, 0.1) is 12.8 Å². The van der Waals surface area contributed by atoms with E-state index in [2.05, 4.69) is 56.9 Å². The molecule has 0 aromatic carbocycles. The number of aryl methyl sites for hydroxylation is 1. The zero-order chi connectivity index (χ0) is 13.7. The minimum Gasteiger partial charge on any atom is -0.351 e. The number of anilines is 1. The van der Waals surface area contributed by atoms with Crippen molar-refractivity contribution < 1.29 is 0 Å². The molecular formula is C14H27N3S. The number of nitrogens with one attached hydrogen (secondary N) is 1. The van der Waals surface area contributed by atoms with Crippen LogP contribution in [0.15, 0.2) is 0 Å². The molecule has 0 aliphatic heterocycles. The van der Waals surface area contributed by atoms with E-state index in [0.717, 1.165) is 24.1 Å². The predicted molar refractivity (Wildman–Crippen MR) is 81.6 cm³/mol. The Kier molecular flexibility index (Phi) is 6.09. The Hall–Kier alpha value is -0.610. The van der Waals surface area contributed by atoms with Crippen LogP contribution in [0.2, 0.25) is 0 Å². The highest BCUT2D eigenvalue weighted by molar-refractivity contribution is 7.15. The lowest BCUT2D eigenvalue weighted by Gasteiger charge is -2.19. The van der Waals surface area contributed by atoms with Crippen LogP contribution in [0.1, 0.15) is 44.7 Å². The summed E-state index contributed by atoms with van der Waals surface area (Å²) < 4.78 is 0. The van der Waals surface area contributed by atoms with Crippen LogP contribution in [-0.4, -0.2) is 24.6 Å². The van der Waals surface area contributed by atoms with E-state index < -0.39 is 0 Å². The van der Waals surface area contributed by atoms with E-state index in [4.69, 9.17) is 0 Å². The van der Waals surface area contributed by atoms with Crippen molar-refractivity contribution in [2.75, 3.05) is 18.5 Å². The number of rotatable bonds is 7. The van der Waals surface area contributed by atoms with Crippen molar-refractivity contribution in [1.82, 2.24) is 10.3 Å². The summed E-state index contributed by atoms with van der Waals surface area (Å²) in [4.78, 5) is 8.32. The first kappa shape index (κ1) is 15.4. The maximum absolute atomic E-state index is 4.68. The van der Waals surface area contributed by atoms with Crippen LogP contribution in [0.3, 0.4) is 0 Å². The summed E-state index contributed by atoms with van der Waals surface area (Å²) in [5.74, 6) is 0.719. The molecular weight excluding hydrogens is 242 g/mol. The van der Waals surface area contributed by atoms with E-state index in [1.54, 1.807) is 0 Å². The lowest BCUT2D eigenvalue weighted by Crippen LogP contribution is -2.23. The van der Waals surface area contributed by atoms with Gasteiger partial charge in [-0.2, -0.15) is 0 Å². The van der Waals surface area contributed by atoms with Crippen LogP contribution < -0.4 is 10.2 Å². The Morgan fingerprint density at radius 2 is 2.00 bits per heavy atom. The number of nitrogens with zero attached hydrogens (tertiary/aromatic N) is 2. The van der Waals surface area contributed by atoms with E-state index in [1.165, 1.54) is 17.0 Å². The molecule has 1 unspecified atom stereocenters. The highest BCUT2D eigenvalue weighted by Gasteiger charge is 2.13. The minimum atomic E-state index is 0.521. The highest BCUT2D eigenvalue weighted by atomic mass is 32.1. The second kappa shape index (κ2) is 7.10. The first-order valence-electron chi connectivity index (χ1n) is 6.84. The highest BCUT2D eigenvalue weighted by Crippen LogP contribution is 2.26. The lowest BCUT2D eigenvalue weighted by atomic mass is 10.1. The summed E-state index contributed by atoms with van der Waals surface area (Å²) in [5, 5.41) is 4.61. The van der Waals surface area contributed by atoms with Crippen molar-refractivity contribution in [2.24, 2.45) is 5.92 Å². The zero-order valence-corrected chi connectivity index (χ0v) is 13.4. The number of hydrogen-bond acceptors (Lipinski definition) is 4. The van der Waals surface area contributed by atoms with Gasteiger partial charge in [0.05, 0.1) is 5.69 Å². The average molecular weight is 269 g/mol. The zero-order valence-electron chi connectivity index (χ0n) is 12.6. The molecule has 0 radical (unpaired) electrons. The SMILES string of the molecule is CCC(C)CN(C)c1nc(C)c(CNC(C)C)s1. The molecule has 1 atom stereocenters. The Morgan fingerprint density at radius 3 is 2.56 bits per heavy atom. The smallest absolute Gasteiger partial charge is 0.185 e. The first-order chi connectivity index (χ1) is 8.43. The fraction of sp³-hybridized carbons (Fsp3) is 0.786. The van der Waals surface area contributed by atoms with Crippen molar-refractivity contribution in [2.45, 2.75) is 53.6 Å². The monoisotopic (exact) mass is 269 g/mol. The van der Waals surface area contributed by atoms with Crippen molar-refractivity contribution >= 4 is 16.5 Å². The van der Waals surface area contributed by atoms with Gasteiger partial charge in [-0.1, -0.05) is 34.1 Å². The molecule has 0 amide bonds. The molecule has 3 nitrogen and oxygen atoms in total. The number of thiazole rings is 1. The third kappa shape index (κ3) is 4.58. The molecule has 104 valence electrons. The quantitative estimate of drug-likeness (QED) is 0.822. The normalized spacial score (nSPS) is 13.1. The van der Waals surface area contributed by atoms with Crippen LogP contribution in [-0.2, 0) is 6.54 Å². The lowest BCUT2D eigenvalue weighted by molar-refractivity contribution is 0.559. The summed E-state index contributed by atoms with van der Waals surface area (Å²) >= 11 is 1.81. The Bertz CT molecular complexity index is 360. The Morgan fingerprint density at radius 1 is 1.33 bits per heavy atom. The molecule has 18 heavy (non-hydrogen) atoms. The van der Waals surface area contributed by atoms with E-state index in [-0.39, 0.29) is 0 Å². The maximum Gasteiger partial charge on any atom is 0.185 e. The fourth-order valence-corrected chi connectivity index (χ4v) is 2.69. The molecule has 0 bridgehead atoms. The van der Waals surface area contributed by atoms with Gasteiger partial charge in [-0.15, -0.1) is 11.3 Å². The molecule has 1 heterocycles. The molecule has 0 fully saturated rings. The van der Waals surface area contributed by atoms with E-state index in [0.29, 0.717) is 6.04 Å². The minimum absolute atomic E-state index is 0.521. The van der Waals surface area contributed by atoms with Gasteiger partial charge in [0.2, 0.25) is 0 Å². The Labute approximate surface area is 116 Å². The van der Waals surface area contributed by atoms with Gasteiger partial charge in [-0.25, -0.2) is 4.98 Å². The van der Waals surface area contributed by atoms with E-state index in [1.807, 2.05) is 11.3 Å².